The van der Waals surface area contributed by atoms with Gasteiger partial charge in [-0.3, -0.25) is 0 Å². The Morgan fingerprint density at radius 2 is 1.80 bits per heavy atom. The van der Waals surface area contributed by atoms with Crippen molar-refractivity contribution in [1.29, 1.82) is 0 Å². The molecule has 0 N–H and O–H groups in total. The topological polar surface area (TPSA) is 44.5 Å². The van der Waals surface area contributed by atoms with Crippen LogP contribution in [0.2, 0.25) is 0 Å². The maximum Gasteiger partial charge on any atom is 0.204 e. The van der Waals surface area contributed by atoms with E-state index in [0.717, 1.165) is 33.6 Å². The van der Waals surface area contributed by atoms with Gasteiger partial charge in [0.25, 0.3) is 0 Å². The molecule has 0 unspecified atom stereocenters. The van der Waals surface area contributed by atoms with Gasteiger partial charge in [-0.2, -0.15) is 0 Å². The van der Waals surface area contributed by atoms with E-state index in [-0.39, 0.29) is 6.29 Å². The van der Waals surface area contributed by atoms with E-state index in [0.29, 0.717) is 0 Å². The van der Waals surface area contributed by atoms with Crippen LogP contribution >= 0.6 is 11.8 Å². The summed E-state index contributed by atoms with van der Waals surface area (Å²) in [6.07, 6.45) is -0.314. The van der Waals surface area contributed by atoms with Gasteiger partial charge in [0.15, 0.2) is 6.29 Å². The van der Waals surface area contributed by atoms with Gasteiger partial charge in [-0.1, -0.05) is 12.1 Å². The van der Waals surface area contributed by atoms with Gasteiger partial charge >= 0.3 is 0 Å². The smallest absolute Gasteiger partial charge is 0.204 e. The quantitative estimate of drug-likeness (QED) is 0.597. The predicted molar refractivity (Wildman–Crippen MR) is 78.7 cm³/mol. The van der Waals surface area contributed by atoms with E-state index in [4.69, 9.17) is 13.9 Å². The van der Waals surface area contributed by atoms with Gasteiger partial charge in [-0.15, -0.1) is 11.8 Å². The summed E-state index contributed by atoms with van der Waals surface area (Å²) < 4.78 is 16.0. The molecule has 0 fully saturated rings. The molecule has 0 bridgehead atoms. The first-order valence-corrected chi connectivity index (χ1v) is 7.34. The Balaban J connectivity index is 1.97. The molecule has 0 aliphatic heterocycles. The van der Waals surface area contributed by atoms with Crippen LogP contribution in [-0.4, -0.2) is 19.2 Å². The lowest BCUT2D eigenvalue weighted by molar-refractivity contribution is -0.106. The van der Waals surface area contributed by atoms with E-state index in [1.807, 2.05) is 38.1 Å². The summed E-state index contributed by atoms with van der Waals surface area (Å²) in [6.45, 7) is 3.89. The summed E-state index contributed by atoms with van der Waals surface area (Å²) >= 11 is 1.69. The van der Waals surface area contributed by atoms with E-state index in [1.165, 1.54) is 0 Å². The van der Waals surface area contributed by atoms with Gasteiger partial charge in [0.05, 0.1) is 11.4 Å². The maximum absolute atomic E-state index is 5.56. The molecule has 0 spiro atoms. The summed E-state index contributed by atoms with van der Waals surface area (Å²) in [6, 6.07) is 8.11. The Labute approximate surface area is 123 Å². The van der Waals surface area contributed by atoms with Crippen LogP contribution in [0.25, 0.3) is 0 Å². The van der Waals surface area contributed by atoms with Crippen molar-refractivity contribution in [1.82, 2.24) is 4.98 Å². The van der Waals surface area contributed by atoms with Crippen molar-refractivity contribution < 1.29 is 13.9 Å². The second-order valence-corrected chi connectivity index (χ2v) is 5.46. The zero-order valence-electron chi connectivity index (χ0n) is 12.2. The highest BCUT2D eigenvalue weighted by Gasteiger charge is 2.09. The normalized spacial score (nSPS) is 11.2. The van der Waals surface area contributed by atoms with Crippen molar-refractivity contribution in [3.63, 3.8) is 0 Å². The Bertz CT molecular complexity index is 527. The molecule has 0 aliphatic carbocycles. The van der Waals surface area contributed by atoms with Crippen molar-refractivity contribution in [3.05, 3.63) is 47.2 Å². The molecule has 108 valence electrons. The third-order valence-corrected chi connectivity index (χ3v) is 4.01. The zero-order valence-corrected chi connectivity index (χ0v) is 13.0. The summed E-state index contributed by atoms with van der Waals surface area (Å²) in [5, 5.41) is 0. The van der Waals surface area contributed by atoms with Crippen LogP contribution in [0.3, 0.4) is 0 Å². The number of rotatable bonds is 6. The van der Waals surface area contributed by atoms with Crippen molar-refractivity contribution in [2.24, 2.45) is 0 Å². The first-order chi connectivity index (χ1) is 9.63. The van der Waals surface area contributed by atoms with Crippen LogP contribution in [0, 0.1) is 13.8 Å². The highest BCUT2D eigenvalue weighted by atomic mass is 32.2. The highest BCUT2D eigenvalue weighted by Crippen LogP contribution is 2.26. The largest absolute Gasteiger partial charge is 0.445 e. The lowest BCUT2D eigenvalue weighted by Gasteiger charge is -2.13. The minimum atomic E-state index is -0.314. The first-order valence-electron chi connectivity index (χ1n) is 6.35. The number of nitrogens with zero attached hydrogens (tertiary/aromatic N) is 1. The molecule has 0 saturated carbocycles. The lowest BCUT2D eigenvalue weighted by Crippen LogP contribution is -2.02. The predicted octanol–water partition coefficient (Wildman–Crippen LogP) is 3.88. The zero-order chi connectivity index (χ0) is 14.5. The van der Waals surface area contributed by atoms with E-state index < -0.39 is 0 Å². The average molecular weight is 293 g/mol. The minimum absolute atomic E-state index is 0.314. The third kappa shape index (κ3) is 3.62. The Hall–Kier alpha value is -1.30. The molecule has 20 heavy (non-hydrogen) atoms. The molecule has 0 amide bonds. The Morgan fingerprint density at radius 3 is 2.30 bits per heavy atom. The molecule has 1 heterocycles. The van der Waals surface area contributed by atoms with E-state index in [2.05, 4.69) is 4.98 Å². The molecule has 0 saturated heterocycles. The number of benzene rings is 1. The second kappa shape index (κ2) is 6.92. The van der Waals surface area contributed by atoms with Crippen molar-refractivity contribution in [3.8, 4) is 0 Å². The average Bonchev–Trinajstić information content (AvgIpc) is 2.78. The Morgan fingerprint density at radius 1 is 1.15 bits per heavy atom. The number of hydrogen-bond donors (Lipinski definition) is 0. The van der Waals surface area contributed by atoms with Gasteiger partial charge in [0, 0.05) is 24.7 Å². The van der Waals surface area contributed by atoms with Crippen LogP contribution in [-0.2, 0) is 15.2 Å². The number of aryl methyl sites for hydroxylation is 2. The SMILES string of the molecule is COC(OC)c1ccc(SCc2nc(C)c(C)o2)cc1. The second-order valence-electron chi connectivity index (χ2n) is 4.41. The van der Waals surface area contributed by atoms with Crippen LogP contribution in [0.5, 0.6) is 0 Å². The standard InChI is InChI=1S/C15H19NO3S/c1-10-11(2)19-14(16-10)9-20-13-7-5-12(6-8-13)15(17-3)18-4/h5-8,15H,9H2,1-4H3. The number of methoxy groups -OCH3 is 2. The molecule has 0 aliphatic rings. The van der Waals surface area contributed by atoms with Crippen LogP contribution in [0.4, 0.5) is 0 Å². The molecular weight excluding hydrogens is 274 g/mol. The van der Waals surface area contributed by atoms with Gasteiger partial charge in [0.2, 0.25) is 5.89 Å². The van der Waals surface area contributed by atoms with Crippen LogP contribution in [0.1, 0.15) is 29.2 Å². The van der Waals surface area contributed by atoms with Crippen molar-refractivity contribution in [2.45, 2.75) is 30.8 Å². The monoisotopic (exact) mass is 293 g/mol. The molecule has 1 aromatic carbocycles. The molecule has 0 atom stereocenters. The molecule has 2 aromatic rings. The fourth-order valence-corrected chi connectivity index (χ4v) is 2.58. The van der Waals surface area contributed by atoms with E-state index >= 15 is 0 Å². The van der Waals surface area contributed by atoms with Crippen LogP contribution in [0.15, 0.2) is 33.6 Å². The number of thioether (sulfide) groups is 1. The number of ether oxygens (including phenoxy) is 2. The molecule has 5 heteroatoms. The fraction of sp³-hybridized carbons (Fsp3) is 0.400. The Kier molecular flexibility index (Phi) is 5.23. The van der Waals surface area contributed by atoms with Gasteiger partial charge in [-0.05, 0) is 26.0 Å². The first kappa shape index (κ1) is 15.1. The molecule has 1 aromatic heterocycles. The third-order valence-electron chi connectivity index (χ3n) is 3.02. The lowest BCUT2D eigenvalue weighted by atomic mass is 10.2. The molecule has 0 radical (unpaired) electrons. The highest BCUT2D eigenvalue weighted by molar-refractivity contribution is 7.98. The van der Waals surface area contributed by atoms with Crippen molar-refractivity contribution >= 4 is 11.8 Å². The molecule has 4 nitrogen and oxygen atoms in total. The van der Waals surface area contributed by atoms with Crippen LogP contribution < -0.4 is 0 Å². The summed E-state index contributed by atoms with van der Waals surface area (Å²) in [5.74, 6) is 2.38. The van der Waals surface area contributed by atoms with Gasteiger partial charge in [0.1, 0.15) is 5.76 Å². The van der Waals surface area contributed by atoms with E-state index in [1.54, 1.807) is 26.0 Å². The van der Waals surface area contributed by atoms with E-state index in [9.17, 15) is 0 Å². The number of hydrogen-bond acceptors (Lipinski definition) is 5. The number of oxazole rings is 1. The summed E-state index contributed by atoms with van der Waals surface area (Å²) in [7, 11) is 3.26. The molecular formula is C15H19NO3S. The van der Waals surface area contributed by atoms with Gasteiger partial charge in [-0.25, -0.2) is 4.98 Å². The van der Waals surface area contributed by atoms with Crippen molar-refractivity contribution in [2.75, 3.05) is 14.2 Å². The fourth-order valence-electron chi connectivity index (χ4n) is 1.84. The summed E-state index contributed by atoms with van der Waals surface area (Å²) in [4.78, 5) is 5.53. The van der Waals surface area contributed by atoms with Gasteiger partial charge < -0.3 is 13.9 Å². The minimum Gasteiger partial charge on any atom is -0.445 e. The summed E-state index contributed by atoms with van der Waals surface area (Å²) in [5.41, 5.74) is 1.96. The maximum atomic E-state index is 5.56. The molecule has 2 rings (SSSR count). The number of aromatic nitrogens is 1.